The van der Waals surface area contributed by atoms with E-state index in [2.05, 4.69) is 63.7 Å². The molecule has 2 aromatic heterocycles. The molecule has 2 heterocycles. The van der Waals surface area contributed by atoms with Crippen LogP contribution in [-0.2, 0) is 17.9 Å². The number of hydrogen-bond donors (Lipinski definition) is 1. The molecule has 0 fully saturated rings. The summed E-state index contributed by atoms with van der Waals surface area (Å²) >= 11 is 2.15. The van der Waals surface area contributed by atoms with Gasteiger partial charge in [0, 0.05) is 41.4 Å². The van der Waals surface area contributed by atoms with E-state index in [1.165, 1.54) is 17.2 Å². The number of amides is 1. The molecule has 8 heteroatoms. The number of nitrogens with zero attached hydrogens (tertiary/aromatic N) is 5. The number of anilines is 2. The van der Waals surface area contributed by atoms with Crippen LogP contribution in [0.25, 0.3) is 16.9 Å². The van der Waals surface area contributed by atoms with Crippen LogP contribution >= 0.6 is 22.6 Å². The lowest BCUT2D eigenvalue weighted by Gasteiger charge is -2.24. The van der Waals surface area contributed by atoms with Gasteiger partial charge < -0.3 is 10.2 Å². The second-order valence-corrected chi connectivity index (χ2v) is 9.14. The average molecular weight is 586 g/mol. The summed E-state index contributed by atoms with van der Waals surface area (Å²) in [5.41, 5.74) is 5.27. The monoisotopic (exact) mass is 586 g/mol. The normalized spacial score (nSPS) is 10.8. The topological polar surface area (TPSA) is 75.9 Å². The molecule has 3 aromatic carbocycles. The second-order valence-electron chi connectivity index (χ2n) is 8.17. The molecule has 0 unspecified atom stereocenters. The molecule has 178 valence electrons. The number of benzene rings is 3. The van der Waals surface area contributed by atoms with Gasteiger partial charge in [0.25, 0.3) is 0 Å². The van der Waals surface area contributed by atoms with Gasteiger partial charge in [-0.05, 0) is 35.4 Å². The molecule has 0 saturated carbocycles. The first-order chi connectivity index (χ1) is 17.6. The van der Waals surface area contributed by atoms with E-state index in [-0.39, 0.29) is 5.91 Å². The van der Waals surface area contributed by atoms with Crippen LogP contribution in [-0.4, -0.2) is 25.4 Å². The summed E-state index contributed by atoms with van der Waals surface area (Å²) in [4.78, 5) is 28.3. The Balaban J connectivity index is 1.58. The molecule has 7 nitrogen and oxygen atoms in total. The predicted molar refractivity (Wildman–Crippen MR) is 151 cm³/mol. The van der Waals surface area contributed by atoms with Gasteiger partial charge in [-0.1, -0.05) is 73.3 Å². The molecule has 36 heavy (non-hydrogen) atoms. The lowest BCUT2D eigenvalue weighted by atomic mass is 10.1. The van der Waals surface area contributed by atoms with Gasteiger partial charge >= 0.3 is 0 Å². The third kappa shape index (κ3) is 5.28. The van der Waals surface area contributed by atoms with Gasteiger partial charge in [0.15, 0.2) is 20.8 Å². The van der Waals surface area contributed by atoms with Crippen molar-refractivity contribution < 1.29 is 4.79 Å². The molecule has 0 saturated heterocycles. The minimum Gasteiger partial charge on any atom is -0.346 e. The summed E-state index contributed by atoms with van der Waals surface area (Å²) < 4.78 is 2.54. The summed E-state index contributed by atoms with van der Waals surface area (Å²) in [6.45, 7) is 4.86. The molecule has 5 aromatic rings. The molecule has 0 bridgehead atoms. The van der Waals surface area contributed by atoms with E-state index in [4.69, 9.17) is 15.0 Å². The van der Waals surface area contributed by atoms with Crippen LogP contribution in [0.2, 0.25) is 0 Å². The average Bonchev–Trinajstić information content (AvgIpc) is 3.33. The number of hydrogen-bond acceptors (Lipinski definition) is 5. The number of carbonyl (C=O) groups is 1. The predicted octanol–water partition coefficient (Wildman–Crippen LogP) is 5.75. The molecule has 0 aliphatic carbocycles. The van der Waals surface area contributed by atoms with Gasteiger partial charge in [-0.2, -0.15) is 0 Å². The van der Waals surface area contributed by atoms with Gasteiger partial charge in [0.1, 0.15) is 6.33 Å². The number of imidazole rings is 1. The Kier molecular flexibility index (Phi) is 7.03. The zero-order chi connectivity index (χ0) is 24.9. The van der Waals surface area contributed by atoms with Crippen molar-refractivity contribution in [3.8, 4) is 5.69 Å². The van der Waals surface area contributed by atoms with Crippen molar-refractivity contribution in [1.29, 1.82) is 0 Å². The first-order valence-electron chi connectivity index (χ1n) is 11.4. The fourth-order valence-corrected chi connectivity index (χ4v) is 4.47. The van der Waals surface area contributed by atoms with E-state index in [0.717, 1.165) is 11.5 Å². The SMILES string of the molecule is C=CC(=O)Nc1cccc(-n2cnc3c(N(Cc4ccccc4)Cc4ccccc4)nc(I)nc32)c1. The zero-order valence-electron chi connectivity index (χ0n) is 19.4. The Labute approximate surface area is 222 Å². The zero-order valence-corrected chi connectivity index (χ0v) is 21.5. The van der Waals surface area contributed by atoms with E-state index >= 15 is 0 Å². The van der Waals surface area contributed by atoms with Crippen LogP contribution in [0.3, 0.4) is 0 Å². The van der Waals surface area contributed by atoms with Crippen molar-refractivity contribution >= 4 is 51.2 Å². The quantitative estimate of drug-likeness (QED) is 0.142. The van der Waals surface area contributed by atoms with Crippen molar-refractivity contribution in [3.05, 3.63) is 119 Å². The maximum atomic E-state index is 11.8. The lowest BCUT2D eigenvalue weighted by Crippen LogP contribution is -2.24. The first-order valence-corrected chi connectivity index (χ1v) is 12.5. The van der Waals surface area contributed by atoms with Gasteiger partial charge in [-0.3, -0.25) is 9.36 Å². The molecule has 0 radical (unpaired) electrons. The van der Waals surface area contributed by atoms with Crippen LogP contribution in [0.4, 0.5) is 11.5 Å². The molecule has 0 aliphatic rings. The maximum Gasteiger partial charge on any atom is 0.247 e. The first kappa shape index (κ1) is 23.7. The number of halogens is 1. The number of aromatic nitrogens is 4. The summed E-state index contributed by atoms with van der Waals surface area (Å²) in [5.74, 6) is 0.506. The van der Waals surface area contributed by atoms with E-state index in [1.54, 1.807) is 6.33 Å². The van der Waals surface area contributed by atoms with E-state index in [9.17, 15) is 4.79 Å². The Morgan fingerprint density at radius 1 is 0.944 bits per heavy atom. The van der Waals surface area contributed by atoms with Crippen LogP contribution in [0.15, 0.2) is 104 Å². The minimum absolute atomic E-state index is 0.265. The Morgan fingerprint density at radius 2 is 1.61 bits per heavy atom. The fourth-order valence-electron chi connectivity index (χ4n) is 4.01. The number of rotatable bonds is 8. The van der Waals surface area contributed by atoms with Gasteiger partial charge in [-0.25, -0.2) is 15.0 Å². The molecular weight excluding hydrogens is 563 g/mol. The maximum absolute atomic E-state index is 11.8. The van der Waals surface area contributed by atoms with E-state index in [0.29, 0.717) is 33.8 Å². The third-order valence-electron chi connectivity index (χ3n) is 5.66. The summed E-state index contributed by atoms with van der Waals surface area (Å²) in [7, 11) is 0. The summed E-state index contributed by atoms with van der Waals surface area (Å²) in [5, 5.41) is 2.80. The van der Waals surface area contributed by atoms with Crippen LogP contribution < -0.4 is 10.2 Å². The second kappa shape index (κ2) is 10.7. The van der Waals surface area contributed by atoms with E-state index < -0.39 is 0 Å². The van der Waals surface area contributed by atoms with Gasteiger partial charge in [0.05, 0.1) is 5.69 Å². The summed E-state index contributed by atoms with van der Waals surface area (Å²) in [6, 6.07) is 28.2. The Hall–Kier alpha value is -4.05. The molecule has 5 rings (SSSR count). The standard InChI is InChI=1S/C28H23IN6O/c1-2-24(36)31-22-14-9-15-23(16-22)35-19-30-25-26(32-28(29)33-27(25)35)34(17-20-10-5-3-6-11-20)18-21-12-7-4-8-13-21/h2-16,19H,1,17-18H2,(H,31,36). The minimum atomic E-state index is -0.265. The van der Waals surface area contributed by atoms with Crippen molar-refractivity contribution in [2.45, 2.75) is 13.1 Å². The van der Waals surface area contributed by atoms with E-state index in [1.807, 2.05) is 65.2 Å². The lowest BCUT2D eigenvalue weighted by molar-refractivity contribution is -0.111. The highest BCUT2D eigenvalue weighted by atomic mass is 127. The smallest absolute Gasteiger partial charge is 0.247 e. The number of nitrogens with one attached hydrogen (secondary N) is 1. The van der Waals surface area contributed by atoms with Crippen molar-refractivity contribution in [2.24, 2.45) is 0 Å². The highest BCUT2D eigenvalue weighted by molar-refractivity contribution is 14.1. The highest BCUT2D eigenvalue weighted by Gasteiger charge is 2.20. The van der Waals surface area contributed by atoms with Crippen LogP contribution in [0.5, 0.6) is 0 Å². The van der Waals surface area contributed by atoms with Crippen molar-refractivity contribution in [3.63, 3.8) is 0 Å². The molecule has 1 N–H and O–H groups in total. The summed E-state index contributed by atoms with van der Waals surface area (Å²) in [6.07, 6.45) is 2.99. The third-order valence-corrected chi connectivity index (χ3v) is 6.14. The highest BCUT2D eigenvalue weighted by Crippen LogP contribution is 2.28. The van der Waals surface area contributed by atoms with Gasteiger partial charge in [-0.15, -0.1) is 0 Å². The molecular formula is C28H23IN6O. The molecule has 0 spiro atoms. The Bertz CT molecular complexity index is 1480. The van der Waals surface area contributed by atoms with Crippen molar-refractivity contribution in [1.82, 2.24) is 19.5 Å². The number of fused-ring (bicyclic) bond motifs is 1. The fraction of sp³-hybridized carbons (Fsp3) is 0.0714. The molecule has 1 amide bonds. The van der Waals surface area contributed by atoms with Crippen LogP contribution in [0, 0.1) is 3.83 Å². The number of carbonyl (C=O) groups excluding carboxylic acids is 1. The van der Waals surface area contributed by atoms with Gasteiger partial charge in [0.2, 0.25) is 5.91 Å². The molecule has 0 atom stereocenters. The van der Waals surface area contributed by atoms with Crippen LogP contribution in [0.1, 0.15) is 11.1 Å². The van der Waals surface area contributed by atoms with Crippen molar-refractivity contribution in [2.75, 3.05) is 10.2 Å². The Morgan fingerprint density at radius 3 is 2.25 bits per heavy atom. The largest absolute Gasteiger partial charge is 0.346 e. The molecule has 0 aliphatic heterocycles.